The number of benzene rings is 2. The van der Waals surface area contributed by atoms with Crippen LogP contribution in [0.15, 0.2) is 54.6 Å². The maximum Gasteiger partial charge on any atom is 0.302 e. The lowest BCUT2D eigenvalue weighted by Crippen LogP contribution is -2.61. The summed E-state index contributed by atoms with van der Waals surface area (Å²) in [5, 5.41) is 0. The van der Waals surface area contributed by atoms with E-state index in [4.69, 9.17) is 9.47 Å². The predicted molar refractivity (Wildman–Crippen MR) is 127 cm³/mol. The van der Waals surface area contributed by atoms with Crippen molar-refractivity contribution in [2.75, 3.05) is 34.3 Å². The number of hydrogen-bond donors (Lipinski definition) is 0. The second-order valence-electron chi connectivity index (χ2n) is 9.53. The van der Waals surface area contributed by atoms with Crippen molar-refractivity contribution < 1.29 is 19.1 Å². The van der Waals surface area contributed by atoms with Crippen LogP contribution in [0.25, 0.3) is 0 Å². The summed E-state index contributed by atoms with van der Waals surface area (Å²) >= 11 is 0. The van der Waals surface area contributed by atoms with Gasteiger partial charge < -0.3 is 19.3 Å². The summed E-state index contributed by atoms with van der Waals surface area (Å²) in [4.78, 5) is 29.6. The smallest absolute Gasteiger partial charge is 0.302 e. The van der Waals surface area contributed by atoms with Gasteiger partial charge in [0.1, 0.15) is 11.9 Å². The number of carbonyl (C=O) groups excluding carboxylic acids is 2. The zero-order valence-corrected chi connectivity index (χ0v) is 20.0. The highest BCUT2D eigenvalue weighted by atomic mass is 16.5. The van der Waals surface area contributed by atoms with Gasteiger partial charge in [0, 0.05) is 49.9 Å². The Hall–Kier alpha value is -2.86. The number of methoxy groups -OCH3 is 1. The van der Waals surface area contributed by atoms with Crippen molar-refractivity contribution in [3.05, 3.63) is 65.7 Å². The van der Waals surface area contributed by atoms with E-state index in [0.717, 1.165) is 31.7 Å². The van der Waals surface area contributed by atoms with Gasteiger partial charge in [0.25, 0.3) is 5.91 Å². The number of fused-ring (bicyclic) bond motifs is 1. The minimum atomic E-state index is -0.273. The second-order valence-corrected chi connectivity index (χ2v) is 9.53. The maximum atomic E-state index is 13.3. The molecule has 4 atom stereocenters. The highest BCUT2D eigenvalue weighted by Crippen LogP contribution is 2.51. The number of piperidine rings is 1. The van der Waals surface area contributed by atoms with Crippen LogP contribution in [0, 0.1) is 5.92 Å². The number of rotatable bonds is 5. The van der Waals surface area contributed by atoms with E-state index in [0.29, 0.717) is 12.0 Å². The molecule has 2 aromatic carbocycles. The fourth-order valence-electron chi connectivity index (χ4n) is 5.84. The molecule has 4 rings (SSSR count). The van der Waals surface area contributed by atoms with Crippen LogP contribution in [-0.2, 0) is 14.9 Å². The van der Waals surface area contributed by atoms with E-state index in [2.05, 4.69) is 24.1 Å². The number of nitrogens with zero attached hydrogens (tertiary/aromatic N) is 2. The van der Waals surface area contributed by atoms with E-state index in [-0.39, 0.29) is 35.4 Å². The molecule has 33 heavy (non-hydrogen) atoms. The third-order valence-electron chi connectivity index (χ3n) is 7.56. The lowest BCUT2D eigenvalue weighted by atomic mass is 9.56. The number of hydrogen-bond acceptors (Lipinski definition) is 5. The Morgan fingerprint density at radius 3 is 2.58 bits per heavy atom. The zero-order chi connectivity index (χ0) is 23.6. The molecule has 1 saturated carbocycles. The Balaban J connectivity index is 1.75. The predicted octanol–water partition coefficient (Wildman–Crippen LogP) is 3.75. The van der Waals surface area contributed by atoms with E-state index in [9.17, 15) is 9.59 Å². The minimum absolute atomic E-state index is 0.00524. The molecule has 2 fully saturated rings. The van der Waals surface area contributed by atoms with E-state index in [1.54, 1.807) is 7.11 Å². The van der Waals surface area contributed by atoms with Gasteiger partial charge in [-0.05, 0) is 56.3 Å². The molecule has 6 heteroatoms. The van der Waals surface area contributed by atoms with E-state index >= 15 is 0 Å². The Morgan fingerprint density at radius 2 is 1.88 bits per heavy atom. The van der Waals surface area contributed by atoms with Crippen molar-refractivity contribution in [3.63, 3.8) is 0 Å². The number of amides is 1. The van der Waals surface area contributed by atoms with Gasteiger partial charge in [-0.3, -0.25) is 9.59 Å². The summed E-state index contributed by atoms with van der Waals surface area (Å²) < 4.78 is 11.5. The number of likely N-dealkylation sites (tertiary alicyclic amines) is 1. The Bertz CT molecular complexity index is 995. The number of ether oxygens (including phenoxy) is 2. The van der Waals surface area contributed by atoms with Crippen LogP contribution in [0.5, 0.6) is 5.75 Å². The summed E-state index contributed by atoms with van der Waals surface area (Å²) in [7, 11) is 5.68. The lowest BCUT2D eigenvalue weighted by Gasteiger charge is -2.56. The Labute approximate surface area is 196 Å². The molecule has 0 aromatic heterocycles. The van der Waals surface area contributed by atoms with Gasteiger partial charge in [0.15, 0.2) is 0 Å². The molecule has 0 radical (unpaired) electrons. The normalized spacial score (nSPS) is 27.3. The van der Waals surface area contributed by atoms with Gasteiger partial charge in [-0.2, -0.15) is 0 Å². The summed E-state index contributed by atoms with van der Waals surface area (Å²) in [6, 6.07) is 17.6. The van der Waals surface area contributed by atoms with Crippen molar-refractivity contribution in [1.82, 2.24) is 9.80 Å². The van der Waals surface area contributed by atoms with Gasteiger partial charge in [0.2, 0.25) is 0 Å². The molecule has 1 aliphatic carbocycles. The Kier molecular flexibility index (Phi) is 6.75. The average Bonchev–Trinajstić information content (AvgIpc) is 2.83. The highest BCUT2D eigenvalue weighted by Gasteiger charge is 2.54. The number of esters is 1. The van der Waals surface area contributed by atoms with Crippen LogP contribution < -0.4 is 4.74 Å². The topological polar surface area (TPSA) is 59.1 Å². The highest BCUT2D eigenvalue weighted by molar-refractivity contribution is 5.94. The standard InChI is InChI=1S/C27H34N2O4/c1-19(30)33-25-16-22(29(3)26(31)20-9-6-5-7-10-20)17-27(13-14-28(2)18-24(25)27)21-11-8-12-23(15-21)32-4/h5-12,15,22,24-25H,13-14,16-18H2,1-4H3/t22-,24?,25?,27?/m0/s1. The molecule has 6 nitrogen and oxygen atoms in total. The summed E-state index contributed by atoms with van der Waals surface area (Å²) in [5.41, 5.74) is 1.65. The first-order valence-electron chi connectivity index (χ1n) is 11.7. The summed E-state index contributed by atoms with van der Waals surface area (Å²) in [6.45, 7) is 3.27. The van der Waals surface area contributed by atoms with E-state index in [1.807, 2.05) is 54.4 Å². The van der Waals surface area contributed by atoms with Crippen LogP contribution in [0.4, 0.5) is 0 Å². The molecular weight excluding hydrogens is 416 g/mol. The van der Waals surface area contributed by atoms with Crippen LogP contribution in [0.1, 0.15) is 42.1 Å². The molecule has 1 aliphatic heterocycles. The molecule has 0 N–H and O–H groups in total. The Morgan fingerprint density at radius 1 is 1.12 bits per heavy atom. The fourth-order valence-corrected chi connectivity index (χ4v) is 5.84. The van der Waals surface area contributed by atoms with Crippen molar-refractivity contribution >= 4 is 11.9 Å². The van der Waals surface area contributed by atoms with Crippen molar-refractivity contribution in [2.24, 2.45) is 5.92 Å². The molecule has 1 saturated heterocycles. The quantitative estimate of drug-likeness (QED) is 0.650. The molecule has 0 spiro atoms. The van der Waals surface area contributed by atoms with Gasteiger partial charge >= 0.3 is 5.97 Å². The van der Waals surface area contributed by atoms with Crippen LogP contribution in [0.3, 0.4) is 0 Å². The van der Waals surface area contributed by atoms with E-state index < -0.39 is 0 Å². The van der Waals surface area contributed by atoms with Gasteiger partial charge in [-0.15, -0.1) is 0 Å². The number of carbonyl (C=O) groups is 2. The first-order valence-corrected chi connectivity index (χ1v) is 11.7. The van der Waals surface area contributed by atoms with Crippen molar-refractivity contribution in [3.8, 4) is 5.75 Å². The average molecular weight is 451 g/mol. The van der Waals surface area contributed by atoms with Crippen LogP contribution in [0.2, 0.25) is 0 Å². The first-order chi connectivity index (χ1) is 15.8. The van der Waals surface area contributed by atoms with Gasteiger partial charge in [0.05, 0.1) is 7.11 Å². The van der Waals surface area contributed by atoms with Crippen molar-refractivity contribution in [2.45, 2.75) is 43.7 Å². The molecule has 2 aliphatic rings. The first kappa shape index (κ1) is 23.3. The third kappa shape index (κ3) is 4.62. The van der Waals surface area contributed by atoms with Gasteiger partial charge in [-0.25, -0.2) is 0 Å². The van der Waals surface area contributed by atoms with Crippen LogP contribution in [-0.4, -0.2) is 68.1 Å². The fraction of sp³-hybridized carbons (Fsp3) is 0.481. The maximum absolute atomic E-state index is 13.3. The summed E-state index contributed by atoms with van der Waals surface area (Å²) in [5.74, 6) is 0.683. The molecule has 176 valence electrons. The van der Waals surface area contributed by atoms with Crippen LogP contribution >= 0.6 is 0 Å². The molecule has 0 bridgehead atoms. The molecule has 1 amide bonds. The van der Waals surface area contributed by atoms with Crippen molar-refractivity contribution in [1.29, 1.82) is 0 Å². The lowest BCUT2D eigenvalue weighted by molar-refractivity contribution is -0.158. The van der Waals surface area contributed by atoms with Gasteiger partial charge in [-0.1, -0.05) is 30.3 Å². The molecule has 2 aromatic rings. The molecule has 3 unspecified atom stereocenters. The minimum Gasteiger partial charge on any atom is -0.497 e. The largest absolute Gasteiger partial charge is 0.497 e. The third-order valence-corrected chi connectivity index (χ3v) is 7.56. The SMILES string of the molecule is COc1cccc(C23CCN(C)CC2C(OC(C)=O)C[C@H](N(C)C(=O)c2ccccc2)C3)c1. The molecular formula is C27H34N2O4. The molecule has 1 heterocycles. The summed E-state index contributed by atoms with van der Waals surface area (Å²) in [6.07, 6.45) is 2.13. The zero-order valence-electron chi connectivity index (χ0n) is 20.0. The monoisotopic (exact) mass is 450 g/mol. The second kappa shape index (κ2) is 9.56. The van der Waals surface area contributed by atoms with E-state index in [1.165, 1.54) is 12.5 Å².